The van der Waals surface area contributed by atoms with Crippen molar-refractivity contribution >= 4 is 5.91 Å². The molecule has 5 nitrogen and oxygen atoms in total. The fourth-order valence-electron chi connectivity index (χ4n) is 3.68. The summed E-state index contributed by atoms with van der Waals surface area (Å²) in [6, 6.07) is 16.4. The molecule has 1 saturated carbocycles. The molecule has 5 heteroatoms. The monoisotopic (exact) mass is 418 g/mol. The molecule has 1 aromatic heterocycles. The molecular formula is C26H30N2O3. The van der Waals surface area contributed by atoms with E-state index in [2.05, 4.69) is 43.3 Å². The topological polar surface area (TPSA) is 55.6 Å². The number of hydrogen-bond acceptors (Lipinski definition) is 4. The summed E-state index contributed by atoms with van der Waals surface area (Å²) in [6.45, 7) is 9.21. The first-order valence-electron chi connectivity index (χ1n) is 11.0. The SMILES string of the molecule is Cc1noc(C)c1COc1ccc(C(=O)N(Cc2ccc(C(C)C)cc2)C2CC2)cc1. The fourth-order valence-corrected chi connectivity index (χ4v) is 3.68. The van der Waals surface area contributed by atoms with E-state index in [1.807, 2.05) is 43.0 Å². The molecule has 3 aromatic rings. The summed E-state index contributed by atoms with van der Waals surface area (Å²) in [5.41, 5.74) is 4.98. The normalized spacial score (nSPS) is 13.5. The van der Waals surface area contributed by atoms with Crippen molar-refractivity contribution in [1.29, 1.82) is 0 Å². The van der Waals surface area contributed by atoms with Gasteiger partial charge in [0.25, 0.3) is 5.91 Å². The van der Waals surface area contributed by atoms with Crippen LogP contribution in [0.25, 0.3) is 0 Å². The number of rotatable bonds is 8. The summed E-state index contributed by atoms with van der Waals surface area (Å²) < 4.78 is 11.0. The molecule has 0 saturated heterocycles. The molecule has 0 aliphatic heterocycles. The van der Waals surface area contributed by atoms with Gasteiger partial charge in [-0.25, -0.2) is 0 Å². The van der Waals surface area contributed by atoms with Crippen LogP contribution >= 0.6 is 0 Å². The highest BCUT2D eigenvalue weighted by atomic mass is 16.5. The highest BCUT2D eigenvalue weighted by molar-refractivity contribution is 5.94. The van der Waals surface area contributed by atoms with Crippen LogP contribution in [0.3, 0.4) is 0 Å². The second-order valence-corrected chi connectivity index (χ2v) is 8.68. The maximum atomic E-state index is 13.2. The predicted octanol–water partition coefficient (Wildman–Crippen LogP) is 5.80. The van der Waals surface area contributed by atoms with Gasteiger partial charge >= 0.3 is 0 Å². The second-order valence-electron chi connectivity index (χ2n) is 8.68. The minimum atomic E-state index is 0.0766. The van der Waals surface area contributed by atoms with Crippen LogP contribution in [-0.2, 0) is 13.2 Å². The van der Waals surface area contributed by atoms with Crippen LogP contribution in [0.5, 0.6) is 5.75 Å². The van der Waals surface area contributed by atoms with Gasteiger partial charge in [-0.3, -0.25) is 4.79 Å². The number of aryl methyl sites for hydroxylation is 2. The molecule has 0 bridgehead atoms. The van der Waals surface area contributed by atoms with Gasteiger partial charge in [0, 0.05) is 18.2 Å². The minimum absolute atomic E-state index is 0.0766. The number of aromatic nitrogens is 1. The lowest BCUT2D eigenvalue weighted by Gasteiger charge is -2.23. The maximum Gasteiger partial charge on any atom is 0.254 e. The first-order chi connectivity index (χ1) is 14.9. The molecule has 0 N–H and O–H groups in total. The molecule has 162 valence electrons. The first kappa shape index (κ1) is 21.2. The van der Waals surface area contributed by atoms with Crippen LogP contribution in [-0.4, -0.2) is 22.0 Å². The van der Waals surface area contributed by atoms with Gasteiger partial charge in [-0.1, -0.05) is 43.3 Å². The lowest BCUT2D eigenvalue weighted by atomic mass is 10.0. The molecule has 0 atom stereocenters. The van der Waals surface area contributed by atoms with Gasteiger partial charge in [-0.05, 0) is 68.0 Å². The second kappa shape index (κ2) is 8.96. The molecule has 1 fully saturated rings. The van der Waals surface area contributed by atoms with Crippen LogP contribution in [0.4, 0.5) is 0 Å². The summed E-state index contributed by atoms with van der Waals surface area (Å²) in [5, 5.41) is 3.95. The number of hydrogen-bond donors (Lipinski definition) is 0. The van der Waals surface area contributed by atoms with E-state index in [0.29, 0.717) is 30.7 Å². The molecule has 4 rings (SSSR count). The Morgan fingerprint density at radius 1 is 1.10 bits per heavy atom. The van der Waals surface area contributed by atoms with E-state index in [1.54, 1.807) is 0 Å². The molecule has 1 aliphatic rings. The van der Waals surface area contributed by atoms with Gasteiger partial charge in [-0.15, -0.1) is 0 Å². The summed E-state index contributed by atoms with van der Waals surface area (Å²) in [7, 11) is 0. The molecule has 1 amide bonds. The van der Waals surface area contributed by atoms with Crippen molar-refractivity contribution in [3.63, 3.8) is 0 Å². The third kappa shape index (κ3) is 4.98. The standard InChI is InChI=1S/C26H30N2O3/c1-17(2)21-7-5-20(6-8-21)15-28(23-11-12-23)26(29)22-9-13-24(14-10-22)30-16-25-18(3)27-31-19(25)4/h5-10,13-14,17,23H,11-12,15-16H2,1-4H3. The van der Waals surface area contributed by atoms with E-state index in [1.165, 1.54) is 11.1 Å². The Morgan fingerprint density at radius 2 is 1.77 bits per heavy atom. The van der Waals surface area contributed by atoms with Crippen LogP contribution in [0.1, 0.15) is 71.1 Å². The zero-order valence-corrected chi connectivity index (χ0v) is 18.7. The van der Waals surface area contributed by atoms with E-state index in [0.717, 1.165) is 35.6 Å². The van der Waals surface area contributed by atoms with Crippen LogP contribution in [0, 0.1) is 13.8 Å². The fraction of sp³-hybridized carbons (Fsp3) is 0.385. The number of amides is 1. The van der Waals surface area contributed by atoms with E-state index in [-0.39, 0.29) is 5.91 Å². The number of carbonyl (C=O) groups excluding carboxylic acids is 1. The first-order valence-corrected chi connectivity index (χ1v) is 11.0. The van der Waals surface area contributed by atoms with Crippen LogP contribution in [0.2, 0.25) is 0 Å². The number of nitrogens with zero attached hydrogens (tertiary/aromatic N) is 2. The molecule has 0 unspecified atom stereocenters. The number of carbonyl (C=O) groups is 1. The molecule has 0 radical (unpaired) electrons. The van der Waals surface area contributed by atoms with Crippen molar-refractivity contribution in [3.05, 3.63) is 82.2 Å². The van der Waals surface area contributed by atoms with E-state index in [9.17, 15) is 4.79 Å². The van der Waals surface area contributed by atoms with Gasteiger partial charge in [0.2, 0.25) is 0 Å². The largest absolute Gasteiger partial charge is 0.489 e. The van der Waals surface area contributed by atoms with E-state index < -0.39 is 0 Å². The molecule has 0 spiro atoms. The Kier molecular flexibility index (Phi) is 6.12. The lowest BCUT2D eigenvalue weighted by molar-refractivity contribution is 0.0730. The zero-order valence-electron chi connectivity index (χ0n) is 18.7. The van der Waals surface area contributed by atoms with Crippen LogP contribution in [0.15, 0.2) is 53.1 Å². The maximum absolute atomic E-state index is 13.2. The van der Waals surface area contributed by atoms with E-state index in [4.69, 9.17) is 9.26 Å². The van der Waals surface area contributed by atoms with E-state index >= 15 is 0 Å². The van der Waals surface area contributed by atoms with Crippen LogP contribution < -0.4 is 4.74 Å². The Bertz CT molecular complexity index is 1010. The molecule has 2 aromatic carbocycles. The molecule has 1 heterocycles. The summed E-state index contributed by atoms with van der Waals surface area (Å²) in [4.78, 5) is 15.2. The summed E-state index contributed by atoms with van der Waals surface area (Å²) in [6.07, 6.45) is 2.16. The Morgan fingerprint density at radius 3 is 2.32 bits per heavy atom. The summed E-state index contributed by atoms with van der Waals surface area (Å²) in [5.74, 6) is 2.07. The van der Waals surface area contributed by atoms with Gasteiger partial charge in [0.05, 0.1) is 11.3 Å². The predicted molar refractivity (Wildman–Crippen MR) is 120 cm³/mol. The van der Waals surface area contributed by atoms with Crippen molar-refractivity contribution in [2.75, 3.05) is 0 Å². The van der Waals surface area contributed by atoms with Crippen molar-refractivity contribution in [1.82, 2.24) is 10.1 Å². The van der Waals surface area contributed by atoms with Gasteiger partial charge in [0.1, 0.15) is 18.1 Å². The smallest absolute Gasteiger partial charge is 0.254 e. The summed E-state index contributed by atoms with van der Waals surface area (Å²) >= 11 is 0. The quantitative estimate of drug-likeness (QED) is 0.464. The highest BCUT2D eigenvalue weighted by Gasteiger charge is 2.33. The van der Waals surface area contributed by atoms with Gasteiger partial charge in [0.15, 0.2) is 0 Å². The number of ether oxygens (including phenoxy) is 1. The lowest BCUT2D eigenvalue weighted by Crippen LogP contribution is -2.32. The average molecular weight is 419 g/mol. The van der Waals surface area contributed by atoms with Crippen molar-refractivity contribution < 1.29 is 14.1 Å². The van der Waals surface area contributed by atoms with Crippen molar-refractivity contribution in [2.45, 2.75) is 65.6 Å². The molecular weight excluding hydrogens is 388 g/mol. The Hall–Kier alpha value is -3.08. The Labute approximate surface area is 184 Å². The third-order valence-electron chi connectivity index (χ3n) is 5.91. The van der Waals surface area contributed by atoms with Gasteiger partial charge < -0.3 is 14.2 Å². The average Bonchev–Trinajstić information content (AvgIpc) is 3.56. The number of benzene rings is 2. The minimum Gasteiger partial charge on any atom is -0.489 e. The van der Waals surface area contributed by atoms with Gasteiger partial charge in [-0.2, -0.15) is 0 Å². The third-order valence-corrected chi connectivity index (χ3v) is 5.91. The molecule has 1 aliphatic carbocycles. The molecule has 31 heavy (non-hydrogen) atoms. The zero-order chi connectivity index (χ0) is 22.0. The highest BCUT2D eigenvalue weighted by Crippen LogP contribution is 2.30. The van der Waals surface area contributed by atoms with Crippen molar-refractivity contribution in [3.8, 4) is 5.75 Å². The van der Waals surface area contributed by atoms with Crippen molar-refractivity contribution in [2.24, 2.45) is 0 Å². The Balaban J connectivity index is 1.41.